The first-order valence-electron chi connectivity index (χ1n) is 6.30. The van der Waals surface area contributed by atoms with E-state index in [2.05, 4.69) is 15.6 Å². The number of hydrogen-bond donors (Lipinski definition) is 3. The summed E-state index contributed by atoms with van der Waals surface area (Å²) in [5.74, 6) is -1.02. The Morgan fingerprint density at radius 1 is 1.50 bits per heavy atom. The van der Waals surface area contributed by atoms with Gasteiger partial charge in [-0.05, 0) is 6.92 Å². The fourth-order valence-electron chi connectivity index (χ4n) is 2.03. The number of aryl methyl sites for hydroxylation is 1. The fourth-order valence-corrected chi connectivity index (χ4v) is 2.76. The topological polar surface area (TPSA) is 101 Å². The molecule has 0 aromatic carbocycles. The van der Waals surface area contributed by atoms with Crippen LogP contribution in [-0.2, 0) is 16.1 Å². The lowest BCUT2D eigenvalue weighted by Gasteiger charge is -2.33. The van der Waals surface area contributed by atoms with Crippen molar-refractivity contribution in [1.82, 2.24) is 15.6 Å². The summed E-state index contributed by atoms with van der Waals surface area (Å²) in [6, 6.07) is -0.486. The van der Waals surface area contributed by atoms with Crippen LogP contribution in [0, 0.1) is 6.92 Å². The van der Waals surface area contributed by atoms with Crippen molar-refractivity contribution in [2.45, 2.75) is 31.8 Å². The van der Waals surface area contributed by atoms with E-state index in [0.717, 1.165) is 9.88 Å². The maximum atomic E-state index is 11.9. The molecule has 0 spiro atoms. The highest BCUT2D eigenvalue weighted by Gasteiger charge is 2.41. The molecule has 3 N–H and O–H groups in total. The highest BCUT2D eigenvalue weighted by Crippen LogP contribution is 2.21. The van der Waals surface area contributed by atoms with E-state index in [-0.39, 0.29) is 12.8 Å². The number of aliphatic carboxylic acids is 1. The van der Waals surface area contributed by atoms with Crippen molar-refractivity contribution in [1.29, 1.82) is 0 Å². The van der Waals surface area contributed by atoms with E-state index in [1.807, 2.05) is 6.92 Å². The number of rotatable bonds is 4. The summed E-state index contributed by atoms with van der Waals surface area (Å²) in [5.41, 5.74) is -1.23. The van der Waals surface area contributed by atoms with E-state index in [0.29, 0.717) is 19.8 Å². The Bertz CT molecular complexity index is 497. The minimum absolute atomic E-state index is 0.273. The Labute approximate surface area is 120 Å². The minimum Gasteiger partial charge on any atom is -0.480 e. The zero-order chi connectivity index (χ0) is 14.6. The zero-order valence-corrected chi connectivity index (χ0v) is 12.0. The lowest BCUT2D eigenvalue weighted by Crippen LogP contribution is -2.59. The van der Waals surface area contributed by atoms with Crippen LogP contribution in [0.3, 0.4) is 0 Å². The maximum absolute atomic E-state index is 11.9. The lowest BCUT2D eigenvalue weighted by atomic mass is 9.90. The Kier molecular flexibility index (Phi) is 4.56. The number of ether oxygens (including phenoxy) is 1. The molecule has 0 radical (unpaired) electrons. The third-order valence-electron chi connectivity index (χ3n) is 3.20. The van der Waals surface area contributed by atoms with Gasteiger partial charge in [0.05, 0.1) is 11.6 Å². The molecule has 8 heteroatoms. The van der Waals surface area contributed by atoms with E-state index in [1.54, 1.807) is 6.20 Å². The highest BCUT2D eigenvalue weighted by atomic mass is 32.1. The van der Waals surface area contributed by atoms with Crippen LogP contribution >= 0.6 is 11.3 Å². The van der Waals surface area contributed by atoms with Gasteiger partial charge in [-0.2, -0.15) is 0 Å². The molecule has 1 saturated heterocycles. The van der Waals surface area contributed by atoms with Crippen molar-refractivity contribution < 1.29 is 19.4 Å². The van der Waals surface area contributed by atoms with Gasteiger partial charge in [-0.1, -0.05) is 0 Å². The second-order valence-electron chi connectivity index (χ2n) is 4.65. The molecular formula is C12H17N3O4S. The van der Waals surface area contributed by atoms with Crippen molar-refractivity contribution in [2.75, 3.05) is 13.2 Å². The summed E-state index contributed by atoms with van der Waals surface area (Å²) < 4.78 is 5.15. The molecular weight excluding hydrogens is 282 g/mol. The van der Waals surface area contributed by atoms with Gasteiger partial charge in [-0.15, -0.1) is 11.3 Å². The second-order valence-corrected chi connectivity index (χ2v) is 5.97. The summed E-state index contributed by atoms with van der Waals surface area (Å²) in [6.45, 7) is 2.89. The van der Waals surface area contributed by atoms with E-state index >= 15 is 0 Å². The van der Waals surface area contributed by atoms with Crippen molar-refractivity contribution in [2.24, 2.45) is 0 Å². The summed E-state index contributed by atoms with van der Waals surface area (Å²) >= 11 is 1.49. The molecule has 7 nitrogen and oxygen atoms in total. The SMILES string of the molecule is Cc1ncc(CNC(=O)NC2(C(=O)O)CCOCC2)s1. The lowest BCUT2D eigenvalue weighted by molar-refractivity contribution is -0.148. The number of carboxylic acid groups (broad SMARTS) is 1. The van der Waals surface area contributed by atoms with Crippen molar-refractivity contribution >= 4 is 23.3 Å². The molecule has 1 fully saturated rings. The van der Waals surface area contributed by atoms with Crippen LogP contribution in [0.25, 0.3) is 0 Å². The van der Waals surface area contributed by atoms with E-state index < -0.39 is 17.5 Å². The van der Waals surface area contributed by atoms with Gasteiger partial charge in [0.15, 0.2) is 0 Å². The number of thiazole rings is 1. The monoisotopic (exact) mass is 299 g/mol. The van der Waals surface area contributed by atoms with Crippen molar-refractivity contribution in [3.05, 3.63) is 16.1 Å². The Balaban J connectivity index is 1.90. The van der Waals surface area contributed by atoms with Crippen LogP contribution in [0.4, 0.5) is 4.79 Å². The molecule has 2 amide bonds. The summed E-state index contributed by atoms with van der Waals surface area (Å²) in [6.07, 6.45) is 2.24. The number of carbonyl (C=O) groups is 2. The van der Waals surface area contributed by atoms with Crippen LogP contribution < -0.4 is 10.6 Å². The number of nitrogens with zero attached hydrogens (tertiary/aromatic N) is 1. The molecule has 0 atom stereocenters. The Morgan fingerprint density at radius 2 is 2.20 bits per heavy atom. The molecule has 20 heavy (non-hydrogen) atoms. The molecule has 110 valence electrons. The molecule has 1 aromatic heterocycles. The molecule has 0 unspecified atom stereocenters. The molecule has 2 rings (SSSR count). The second kappa shape index (κ2) is 6.19. The summed E-state index contributed by atoms with van der Waals surface area (Å²) in [4.78, 5) is 28.3. The average Bonchev–Trinajstić information content (AvgIpc) is 2.83. The van der Waals surface area contributed by atoms with Gasteiger partial charge in [-0.3, -0.25) is 0 Å². The third kappa shape index (κ3) is 3.45. The number of nitrogens with one attached hydrogen (secondary N) is 2. The van der Waals surface area contributed by atoms with E-state index in [1.165, 1.54) is 11.3 Å². The van der Waals surface area contributed by atoms with Gasteiger partial charge < -0.3 is 20.5 Å². The smallest absolute Gasteiger partial charge is 0.329 e. The number of amides is 2. The average molecular weight is 299 g/mol. The number of hydrogen-bond acceptors (Lipinski definition) is 5. The highest BCUT2D eigenvalue weighted by molar-refractivity contribution is 7.11. The largest absolute Gasteiger partial charge is 0.480 e. The first kappa shape index (κ1) is 14.7. The quantitative estimate of drug-likeness (QED) is 0.766. The molecule has 1 aliphatic rings. The summed E-state index contributed by atoms with van der Waals surface area (Å²) in [5, 5.41) is 15.5. The number of carboxylic acids is 1. The van der Waals surface area contributed by atoms with Crippen LogP contribution in [0.15, 0.2) is 6.20 Å². The Morgan fingerprint density at radius 3 is 2.75 bits per heavy atom. The predicted molar refractivity (Wildman–Crippen MR) is 72.6 cm³/mol. The third-order valence-corrected chi connectivity index (χ3v) is 4.11. The maximum Gasteiger partial charge on any atom is 0.329 e. The minimum atomic E-state index is -1.23. The molecule has 0 bridgehead atoms. The van der Waals surface area contributed by atoms with Gasteiger partial charge >= 0.3 is 12.0 Å². The van der Waals surface area contributed by atoms with Gasteiger partial charge in [-0.25, -0.2) is 14.6 Å². The predicted octanol–water partition coefficient (Wildman–Crippen LogP) is 0.885. The van der Waals surface area contributed by atoms with Crippen LogP contribution in [0.2, 0.25) is 0 Å². The molecule has 2 heterocycles. The first-order valence-corrected chi connectivity index (χ1v) is 7.12. The molecule has 0 saturated carbocycles. The van der Waals surface area contributed by atoms with Crippen LogP contribution in [-0.4, -0.2) is 40.8 Å². The van der Waals surface area contributed by atoms with Crippen molar-refractivity contribution in [3.63, 3.8) is 0 Å². The van der Waals surface area contributed by atoms with E-state index in [4.69, 9.17) is 4.74 Å². The molecule has 1 aliphatic heterocycles. The van der Waals surface area contributed by atoms with Gasteiger partial charge in [0, 0.05) is 37.1 Å². The number of carbonyl (C=O) groups excluding carboxylic acids is 1. The molecule has 1 aromatic rings. The normalized spacial score (nSPS) is 17.4. The summed E-state index contributed by atoms with van der Waals surface area (Å²) in [7, 11) is 0. The Hall–Kier alpha value is -1.67. The number of urea groups is 1. The standard InChI is InChI=1S/C12H17N3O4S/c1-8-13-6-9(20-8)7-14-11(18)15-12(10(16)17)2-4-19-5-3-12/h6H,2-5,7H2,1H3,(H,16,17)(H2,14,15,18). The van der Waals surface area contributed by atoms with Gasteiger partial charge in [0.1, 0.15) is 5.54 Å². The van der Waals surface area contributed by atoms with E-state index in [9.17, 15) is 14.7 Å². The zero-order valence-electron chi connectivity index (χ0n) is 11.1. The van der Waals surface area contributed by atoms with Crippen LogP contribution in [0.5, 0.6) is 0 Å². The molecule has 0 aliphatic carbocycles. The van der Waals surface area contributed by atoms with Gasteiger partial charge in [0.2, 0.25) is 0 Å². The number of aromatic nitrogens is 1. The van der Waals surface area contributed by atoms with Gasteiger partial charge in [0.25, 0.3) is 0 Å². The first-order chi connectivity index (χ1) is 9.52. The van der Waals surface area contributed by atoms with Crippen LogP contribution in [0.1, 0.15) is 22.7 Å². The fraction of sp³-hybridized carbons (Fsp3) is 0.583. The van der Waals surface area contributed by atoms with Crippen molar-refractivity contribution in [3.8, 4) is 0 Å².